The molecular formula is C14H20INO3S. The Morgan fingerprint density at radius 3 is 2.55 bits per heavy atom. The Kier molecular flexibility index (Phi) is 5.44. The number of benzene rings is 1. The highest BCUT2D eigenvalue weighted by Gasteiger charge is 2.31. The van der Waals surface area contributed by atoms with Crippen molar-refractivity contribution >= 4 is 32.6 Å². The second-order valence-corrected chi connectivity index (χ2v) is 8.85. The fourth-order valence-corrected chi connectivity index (χ4v) is 3.60. The molecule has 112 valence electrons. The van der Waals surface area contributed by atoms with Crippen LogP contribution in [0.5, 0.6) is 0 Å². The van der Waals surface area contributed by atoms with Crippen LogP contribution in [-0.4, -0.2) is 32.9 Å². The van der Waals surface area contributed by atoms with Gasteiger partial charge in [0.2, 0.25) is 10.0 Å². The molecule has 1 aliphatic heterocycles. The molecule has 0 saturated carbocycles. The van der Waals surface area contributed by atoms with E-state index in [4.69, 9.17) is 4.74 Å². The Hall–Kier alpha value is -0.180. The van der Waals surface area contributed by atoms with Gasteiger partial charge in [0.15, 0.2) is 0 Å². The number of sulfonamides is 1. The molecule has 0 radical (unpaired) electrons. The second-order valence-electron chi connectivity index (χ2n) is 5.34. The van der Waals surface area contributed by atoms with Crippen molar-refractivity contribution in [3.63, 3.8) is 0 Å². The summed E-state index contributed by atoms with van der Waals surface area (Å²) in [6.07, 6.45) is 0.839. The Labute approximate surface area is 134 Å². The zero-order valence-corrected chi connectivity index (χ0v) is 14.6. The van der Waals surface area contributed by atoms with E-state index in [0.717, 1.165) is 6.42 Å². The van der Waals surface area contributed by atoms with Crippen LogP contribution in [-0.2, 0) is 14.8 Å². The van der Waals surface area contributed by atoms with Crippen LogP contribution >= 0.6 is 22.6 Å². The average Bonchev–Trinajstić information content (AvgIpc) is 2.40. The van der Waals surface area contributed by atoms with Crippen LogP contribution in [0.3, 0.4) is 0 Å². The van der Waals surface area contributed by atoms with Crippen molar-refractivity contribution in [1.29, 1.82) is 0 Å². The van der Waals surface area contributed by atoms with Crippen LogP contribution in [0.2, 0.25) is 0 Å². The predicted octanol–water partition coefficient (Wildman–Crippen LogP) is 2.49. The molecule has 1 fully saturated rings. The number of ether oxygens (including phenoxy) is 1. The number of rotatable bonds is 4. The molecule has 20 heavy (non-hydrogen) atoms. The Morgan fingerprint density at radius 1 is 1.30 bits per heavy atom. The maximum absolute atomic E-state index is 12.1. The van der Waals surface area contributed by atoms with Gasteiger partial charge >= 0.3 is 0 Å². The summed E-state index contributed by atoms with van der Waals surface area (Å²) in [4.78, 5) is 0. The molecule has 1 aliphatic rings. The lowest BCUT2D eigenvalue weighted by Gasteiger charge is -2.32. The van der Waals surface area contributed by atoms with Gasteiger partial charge in [-0.15, -0.1) is 0 Å². The topological polar surface area (TPSA) is 55.4 Å². The van der Waals surface area contributed by atoms with E-state index in [-0.39, 0.29) is 12.0 Å². The number of halogens is 1. The fourth-order valence-electron chi connectivity index (χ4n) is 2.31. The molecule has 4 nitrogen and oxygen atoms in total. The highest BCUT2D eigenvalue weighted by molar-refractivity contribution is 14.1. The molecule has 6 heteroatoms. The zero-order valence-electron chi connectivity index (χ0n) is 11.7. The minimum absolute atomic E-state index is 0.175. The predicted molar refractivity (Wildman–Crippen MR) is 88.3 cm³/mol. The summed E-state index contributed by atoms with van der Waals surface area (Å²) >= 11 is 2.27. The molecule has 0 bridgehead atoms. The number of nitrogens with one attached hydrogen (secondary N) is 1. The van der Waals surface area contributed by atoms with Gasteiger partial charge in [-0.1, -0.05) is 12.1 Å². The van der Waals surface area contributed by atoms with E-state index in [1.807, 2.05) is 0 Å². The van der Waals surface area contributed by atoms with E-state index < -0.39 is 15.3 Å². The lowest BCUT2D eigenvalue weighted by Crippen LogP contribution is -2.47. The van der Waals surface area contributed by atoms with Crippen molar-refractivity contribution in [2.75, 3.05) is 13.2 Å². The molecule has 0 amide bonds. The first-order chi connectivity index (χ1) is 9.40. The Bertz CT molecular complexity index is 542. The molecule has 0 aromatic heterocycles. The number of hydrogen-bond acceptors (Lipinski definition) is 3. The summed E-state index contributed by atoms with van der Waals surface area (Å²) < 4.78 is 33.6. The lowest BCUT2D eigenvalue weighted by atomic mass is 9.88. The van der Waals surface area contributed by atoms with Crippen LogP contribution in [0.25, 0.3) is 0 Å². The molecule has 1 heterocycles. The fraction of sp³-hybridized carbons (Fsp3) is 0.571. The van der Waals surface area contributed by atoms with E-state index in [0.29, 0.717) is 13.2 Å². The van der Waals surface area contributed by atoms with Crippen LogP contribution in [0, 0.1) is 3.57 Å². The normalized spacial score (nSPS) is 24.0. The van der Waals surface area contributed by atoms with Crippen LogP contribution in [0.15, 0.2) is 24.3 Å². The Morgan fingerprint density at radius 2 is 1.95 bits per heavy atom. The molecule has 2 atom stereocenters. The van der Waals surface area contributed by atoms with Gasteiger partial charge in [0, 0.05) is 16.1 Å². The van der Waals surface area contributed by atoms with Crippen molar-refractivity contribution in [3.8, 4) is 0 Å². The standard InChI is InChI=1S/C14H20INO3S/c1-10(2)20(17,18)16-14-9-19-8-7-13(14)11-3-5-12(15)6-4-11/h3-6,10,13-14,16H,7-9H2,1-2H3/t13-,14-/m0/s1. The van der Waals surface area contributed by atoms with E-state index in [9.17, 15) is 8.42 Å². The maximum Gasteiger partial charge on any atom is 0.214 e. The molecule has 1 aromatic rings. The monoisotopic (exact) mass is 409 g/mol. The number of hydrogen-bond donors (Lipinski definition) is 1. The molecule has 2 rings (SSSR count). The second kappa shape index (κ2) is 6.72. The van der Waals surface area contributed by atoms with Gasteiger partial charge in [0.05, 0.1) is 17.9 Å². The summed E-state index contributed by atoms with van der Waals surface area (Å²) in [5.74, 6) is 0.175. The quantitative estimate of drug-likeness (QED) is 0.778. The smallest absolute Gasteiger partial charge is 0.214 e. The molecule has 1 N–H and O–H groups in total. The van der Waals surface area contributed by atoms with Crippen LogP contribution in [0.1, 0.15) is 31.7 Å². The van der Waals surface area contributed by atoms with E-state index in [2.05, 4.69) is 51.6 Å². The molecule has 0 spiro atoms. The highest BCUT2D eigenvalue weighted by atomic mass is 127. The van der Waals surface area contributed by atoms with E-state index >= 15 is 0 Å². The lowest BCUT2D eigenvalue weighted by molar-refractivity contribution is 0.0644. The van der Waals surface area contributed by atoms with Gasteiger partial charge in [-0.2, -0.15) is 0 Å². The van der Waals surface area contributed by atoms with E-state index in [1.165, 1.54) is 9.13 Å². The van der Waals surface area contributed by atoms with Crippen LogP contribution < -0.4 is 4.72 Å². The molecule has 0 unspecified atom stereocenters. The molecule has 1 saturated heterocycles. The third-order valence-corrected chi connectivity index (χ3v) is 6.18. The molecule has 0 aliphatic carbocycles. The Balaban J connectivity index is 2.19. The van der Waals surface area contributed by atoms with Gasteiger partial charge in [0.25, 0.3) is 0 Å². The van der Waals surface area contributed by atoms with Crippen LogP contribution in [0.4, 0.5) is 0 Å². The largest absolute Gasteiger partial charge is 0.380 e. The molecule has 1 aromatic carbocycles. The minimum atomic E-state index is -3.28. The summed E-state index contributed by atoms with van der Waals surface area (Å²) in [6, 6.07) is 8.08. The summed E-state index contributed by atoms with van der Waals surface area (Å²) in [7, 11) is -3.28. The first-order valence-electron chi connectivity index (χ1n) is 6.74. The third kappa shape index (κ3) is 3.93. The van der Waals surface area contributed by atoms with Crippen molar-refractivity contribution in [1.82, 2.24) is 4.72 Å². The first-order valence-corrected chi connectivity index (χ1v) is 9.37. The summed E-state index contributed by atoms with van der Waals surface area (Å²) in [5, 5.41) is -0.429. The van der Waals surface area contributed by atoms with Crippen molar-refractivity contribution in [3.05, 3.63) is 33.4 Å². The minimum Gasteiger partial charge on any atom is -0.380 e. The summed E-state index contributed by atoms with van der Waals surface area (Å²) in [5.41, 5.74) is 1.17. The van der Waals surface area contributed by atoms with Crippen molar-refractivity contribution in [2.45, 2.75) is 37.5 Å². The van der Waals surface area contributed by atoms with Crippen molar-refractivity contribution in [2.24, 2.45) is 0 Å². The molecular weight excluding hydrogens is 389 g/mol. The highest BCUT2D eigenvalue weighted by Crippen LogP contribution is 2.28. The first kappa shape index (κ1) is 16.2. The van der Waals surface area contributed by atoms with Gasteiger partial charge in [-0.25, -0.2) is 13.1 Å². The van der Waals surface area contributed by atoms with Gasteiger partial charge in [-0.05, 0) is 60.6 Å². The SMILES string of the molecule is CC(C)S(=O)(=O)N[C@H]1COCC[C@H]1c1ccc(I)cc1. The zero-order chi connectivity index (χ0) is 14.8. The third-order valence-electron chi connectivity index (χ3n) is 3.59. The van der Waals surface area contributed by atoms with Gasteiger partial charge in [-0.3, -0.25) is 0 Å². The van der Waals surface area contributed by atoms with Gasteiger partial charge in [0.1, 0.15) is 0 Å². The van der Waals surface area contributed by atoms with Gasteiger partial charge < -0.3 is 4.74 Å². The summed E-state index contributed by atoms with van der Waals surface area (Å²) in [6.45, 7) is 4.48. The van der Waals surface area contributed by atoms with Crippen molar-refractivity contribution < 1.29 is 13.2 Å². The average molecular weight is 409 g/mol. The van der Waals surface area contributed by atoms with E-state index in [1.54, 1.807) is 13.8 Å². The maximum atomic E-state index is 12.1.